The molecule has 0 aliphatic heterocycles. The van der Waals surface area contributed by atoms with Crippen LogP contribution in [0.1, 0.15) is 43.4 Å². The van der Waals surface area contributed by atoms with Gasteiger partial charge in [0.05, 0.1) is 0 Å². The van der Waals surface area contributed by atoms with Gasteiger partial charge >= 0.3 is 0 Å². The second-order valence-corrected chi connectivity index (χ2v) is 5.90. The molecule has 1 aromatic rings. The van der Waals surface area contributed by atoms with Crippen molar-refractivity contribution in [3.63, 3.8) is 0 Å². The molecule has 1 saturated carbocycles. The summed E-state index contributed by atoms with van der Waals surface area (Å²) in [6.45, 7) is 2.36. The zero-order chi connectivity index (χ0) is 11.1. The Bertz CT molecular complexity index is 262. The summed E-state index contributed by atoms with van der Waals surface area (Å²) in [7, 11) is 0. The first-order valence-corrected chi connectivity index (χ1v) is 7.56. The van der Waals surface area contributed by atoms with Crippen LogP contribution in [0.2, 0.25) is 0 Å². The Morgan fingerprint density at radius 3 is 2.81 bits per heavy atom. The molecule has 0 bridgehead atoms. The van der Waals surface area contributed by atoms with E-state index in [0.29, 0.717) is 0 Å². The quantitative estimate of drug-likeness (QED) is 0.741. The van der Waals surface area contributed by atoms with E-state index in [9.17, 15) is 0 Å². The van der Waals surface area contributed by atoms with Crippen molar-refractivity contribution in [3.8, 4) is 0 Å². The van der Waals surface area contributed by atoms with E-state index in [1.54, 1.807) is 0 Å². The Morgan fingerprint density at radius 2 is 2.06 bits per heavy atom. The van der Waals surface area contributed by atoms with Crippen molar-refractivity contribution in [3.05, 3.63) is 22.4 Å². The first-order chi connectivity index (χ1) is 7.95. The predicted molar refractivity (Wildman–Crippen MR) is 72.1 cm³/mol. The number of nitrogens with one attached hydrogen (secondary N) is 1. The molecule has 2 rings (SSSR count). The largest absolute Gasteiger partial charge is 0.316 e. The minimum atomic E-state index is 1.02. The molecule has 1 aromatic heterocycles. The van der Waals surface area contributed by atoms with Gasteiger partial charge in [0.25, 0.3) is 0 Å². The summed E-state index contributed by atoms with van der Waals surface area (Å²) < 4.78 is 0. The molecular formula is C14H23NS. The molecule has 1 nitrogen and oxygen atoms in total. The molecule has 90 valence electrons. The average Bonchev–Trinajstić information content (AvgIpc) is 2.83. The maximum absolute atomic E-state index is 3.58. The molecular weight excluding hydrogens is 214 g/mol. The maximum Gasteiger partial charge on any atom is 0.00578 e. The third-order valence-corrected chi connectivity index (χ3v) is 4.52. The highest BCUT2D eigenvalue weighted by molar-refractivity contribution is 7.09. The second-order valence-electron chi connectivity index (χ2n) is 4.87. The van der Waals surface area contributed by atoms with Gasteiger partial charge in [-0.2, -0.15) is 0 Å². The lowest BCUT2D eigenvalue weighted by Gasteiger charge is -2.21. The first-order valence-electron chi connectivity index (χ1n) is 6.68. The van der Waals surface area contributed by atoms with Crippen LogP contribution in [0, 0.1) is 5.92 Å². The Hall–Kier alpha value is -0.340. The van der Waals surface area contributed by atoms with Gasteiger partial charge in [0.15, 0.2) is 0 Å². The fraction of sp³-hybridized carbons (Fsp3) is 0.714. The number of rotatable bonds is 6. The Balaban J connectivity index is 1.48. The topological polar surface area (TPSA) is 12.0 Å². The summed E-state index contributed by atoms with van der Waals surface area (Å²) in [5.41, 5.74) is 0. The van der Waals surface area contributed by atoms with E-state index >= 15 is 0 Å². The standard InChI is InChI=1S/C14H23NS/c1-2-5-13(6-3-1)8-10-15-11-9-14-7-4-12-16-14/h4,7,12-13,15H,1-3,5-6,8-11H2. The predicted octanol–water partition coefficient (Wildman–Crippen LogP) is 3.85. The van der Waals surface area contributed by atoms with Gasteiger partial charge in [-0.3, -0.25) is 0 Å². The molecule has 1 heterocycles. The lowest BCUT2D eigenvalue weighted by atomic mass is 9.87. The van der Waals surface area contributed by atoms with Crippen molar-refractivity contribution < 1.29 is 0 Å². The average molecular weight is 237 g/mol. The summed E-state index contributed by atoms with van der Waals surface area (Å²) in [6, 6.07) is 4.37. The van der Waals surface area contributed by atoms with Gasteiger partial charge in [-0.15, -0.1) is 11.3 Å². The molecule has 1 fully saturated rings. The van der Waals surface area contributed by atoms with E-state index in [1.165, 1.54) is 56.4 Å². The van der Waals surface area contributed by atoms with Crippen LogP contribution in [0.15, 0.2) is 17.5 Å². The summed E-state index contributed by atoms with van der Waals surface area (Å²) in [5, 5.41) is 5.74. The van der Waals surface area contributed by atoms with Crippen LogP contribution in [0.3, 0.4) is 0 Å². The third kappa shape index (κ3) is 4.26. The van der Waals surface area contributed by atoms with Crippen LogP contribution in [0.5, 0.6) is 0 Å². The van der Waals surface area contributed by atoms with Crippen molar-refractivity contribution in [1.29, 1.82) is 0 Å². The molecule has 16 heavy (non-hydrogen) atoms. The van der Waals surface area contributed by atoms with Crippen molar-refractivity contribution in [2.75, 3.05) is 13.1 Å². The van der Waals surface area contributed by atoms with E-state index in [-0.39, 0.29) is 0 Å². The highest BCUT2D eigenvalue weighted by Crippen LogP contribution is 2.25. The molecule has 1 N–H and O–H groups in total. The molecule has 0 unspecified atom stereocenters. The lowest BCUT2D eigenvalue weighted by Crippen LogP contribution is -2.21. The van der Waals surface area contributed by atoms with Crippen LogP contribution < -0.4 is 5.32 Å². The maximum atomic E-state index is 3.58. The summed E-state index contributed by atoms with van der Waals surface area (Å²) in [4.78, 5) is 1.50. The molecule has 0 saturated heterocycles. The van der Waals surface area contributed by atoms with Crippen molar-refractivity contribution >= 4 is 11.3 Å². The molecule has 1 aliphatic carbocycles. The van der Waals surface area contributed by atoms with Crippen molar-refractivity contribution in [2.24, 2.45) is 5.92 Å². The first kappa shape index (κ1) is 12.1. The zero-order valence-electron chi connectivity index (χ0n) is 10.1. The fourth-order valence-electron chi connectivity index (χ4n) is 2.57. The lowest BCUT2D eigenvalue weighted by molar-refractivity contribution is 0.334. The van der Waals surface area contributed by atoms with Gasteiger partial charge in [-0.25, -0.2) is 0 Å². The third-order valence-electron chi connectivity index (χ3n) is 3.58. The molecule has 0 aromatic carbocycles. The van der Waals surface area contributed by atoms with Gasteiger partial charge in [-0.1, -0.05) is 38.2 Å². The Morgan fingerprint density at radius 1 is 1.19 bits per heavy atom. The van der Waals surface area contributed by atoms with Crippen molar-refractivity contribution in [2.45, 2.75) is 44.9 Å². The van der Waals surface area contributed by atoms with Crippen LogP contribution in [0.25, 0.3) is 0 Å². The van der Waals surface area contributed by atoms with Gasteiger partial charge in [0.1, 0.15) is 0 Å². The van der Waals surface area contributed by atoms with Crippen LogP contribution >= 0.6 is 11.3 Å². The SMILES string of the molecule is c1csc(CCNCCC2CCCCC2)c1. The van der Waals surface area contributed by atoms with Gasteiger partial charge in [0, 0.05) is 4.88 Å². The van der Waals surface area contributed by atoms with Crippen LogP contribution in [-0.2, 0) is 6.42 Å². The van der Waals surface area contributed by atoms with Crippen LogP contribution in [0.4, 0.5) is 0 Å². The van der Waals surface area contributed by atoms with E-state index in [0.717, 1.165) is 12.5 Å². The molecule has 1 aliphatic rings. The number of hydrogen-bond donors (Lipinski definition) is 1. The summed E-state index contributed by atoms with van der Waals surface area (Å²) in [6.07, 6.45) is 9.97. The summed E-state index contributed by atoms with van der Waals surface area (Å²) >= 11 is 1.87. The highest BCUT2D eigenvalue weighted by atomic mass is 32.1. The number of thiophene rings is 1. The summed E-state index contributed by atoms with van der Waals surface area (Å²) in [5.74, 6) is 1.02. The van der Waals surface area contributed by atoms with E-state index in [4.69, 9.17) is 0 Å². The normalized spacial score (nSPS) is 17.8. The van der Waals surface area contributed by atoms with Gasteiger partial charge in [-0.05, 0) is 43.3 Å². The van der Waals surface area contributed by atoms with Gasteiger partial charge < -0.3 is 5.32 Å². The Labute approximate surface area is 103 Å². The van der Waals surface area contributed by atoms with Crippen molar-refractivity contribution in [1.82, 2.24) is 5.32 Å². The molecule has 2 heteroatoms. The minimum Gasteiger partial charge on any atom is -0.316 e. The number of hydrogen-bond acceptors (Lipinski definition) is 2. The minimum absolute atomic E-state index is 1.02. The highest BCUT2D eigenvalue weighted by Gasteiger charge is 2.12. The smallest absolute Gasteiger partial charge is 0.00578 e. The van der Waals surface area contributed by atoms with E-state index in [1.807, 2.05) is 11.3 Å². The Kier molecular flexibility index (Phi) is 5.36. The molecule has 0 spiro atoms. The molecule has 0 amide bonds. The monoisotopic (exact) mass is 237 g/mol. The molecule has 0 atom stereocenters. The second kappa shape index (κ2) is 7.08. The molecule has 0 radical (unpaired) electrons. The fourth-order valence-corrected chi connectivity index (χ4v) is 3.28. The van der Waals surface area contributed by atoms with Crippen LogP contribution in [-0.4, -0.2) is 13.1 Å². The zero-order valence-corrected chi connectivity index (χ0v) is 10.9. The van der Waals surface area contributed by atoms with E-state index < -0.39 is 0 Å². The van der Waals surface area contributed by atoms with E-state index in [2.05, 4.69) is 22.8 Å². The van der Waals surface area contributed by atoms with Gasteiger partial charge in [0.2, 0.25) is 0 Å².